The number of rotatable bonds is 10. The zero-order valence-corrected chi connectivity index (χ0v) is 27.5. The lowest BCUT2D eigenvalue weighted by atomic mass is 9.96. The van der Waals surface area contributed by atoms with Crippen LogP contribution in [0.2, 0.25) is 18.1 Å². The molecule has 4 rings (SSSR count). The number of ether oxygens (including phenoxy) is 2. The number of phosphoric ester groups is 1. The molecule has 0 spiro atoms. The monoisotopic (exact) mass is 677 g/mol. The van der Waals surface area contributed by atoms with Gasteiger partial charge in [-0.05, 0) is 31.1 Å². The Kier molecular flexibility index (Phi) is 9.86. The third kappa shape index (κ3) is 7.08. The highest BCUT2D eigenvalue weighted by Crippen LogP contribution is 2.54. The predicted octanol–water partition coefficient (Wildman–Crippen LogP) is -0.833. The van der Waals surface area contributed by atoms with E-state index in [2.05, 4.69) is 4.98 Å². The predicted molar refractivity (Wildman–Crippen MR) is 158 cm³/mol. The second-order valence-electron chi connectivity index (χ2n) is 12.7. The maximum Gasteiger partial charge on any atom is 0.472 e. The highest BCUT2D eigenvalue weighted by molar-refractivity contribution is 7.47. The number of hydrogen-bond donors (Lipinski definition) is 6. The Balaban J connectivity index is 1.60. The van der Waals surface area contributed by atoms with Crippen LogP contribution in [0.1, 0.15) is 40.2 Å². The molecular formula is C25H40N5O13PSi. The Bertz CT molecular complexity index is 1610. The van der Waals surface area contributed by atoms with Crippen LogP contribution in [-0.2, 0) is 27.5 Å². The zero-order chi connectivity index (χ0) is 33.7. The molecule has 2 aromatic heterocycles. The summed E-state index contributed by atoms with van der Waals surface area (Å²) >= 11 is 0. The van der Waals surface area contributed by atoms with Gasteiger partial charge in [0, 0.05) is 18.5 Å². The topological polar surface area (TPSA) is 260 Å². The van der Waals surface area contributed by atoms with Crippen molar-refractivity contribution in [3.05, 3.63) is 55.8 Å². The van der Waals surface area contributed by atoms with Crippen LogP contribution in [0.5, 0.6) is 0 Å². The molecule has 9 atom stereocenters. The largest absolute Gasteiger partial charge is 0.472 e. The van der Waals surface area contributed by atoms with E-state index in [0.717, 1.165) is 21.4 Å². The quantitative estimate of drug-likeness (QED) is 0.132. The maximum absolute atomic E-state index is 13.4. The van der Waals surface area contributed by atoms with E-state index in [-0.39, 0.29) is 10.9 Å². The van der Waals surface area contributed by atoms with Gasteiger partial charge in [-0.15, -0.1) is 0 Å². The third-order valence-corrected chi connectivity index (χ3v) is 13.9. The number of nitrogens with one attached hydrogen (secondary N) is 1. The Labute approximate surface area is 258 Å². The molecule has 2 aromatic rings. The van der Waals surface area contributed by atoms with E-state index in [9.17, 15) is 39.2 Å². The number of aliphatic hydroxyl groups excluding tert-OH is 3. The average Bonchev–Trinajstić information content (AvgIpc) is 3.34. The minimum atomic E-state index is -5.09. The molecule has 252 valence electrons. The standard InChI is InChI=1S/C25H40N5O13PSi/c1-24(2,3)45(5,6)43-25(4)19(13(11-31)41-21(25)30-9-7-15(26)27-22(30)35)42-44(37,38)39-12-14-17(33)18(34)20(40-14)29-10-8-16(32)28-23(29)36/h7-10,13-14,17-21,31,33-34H,11-12H2,1-6H3,(H,37,38)(H2,26,27,35)(H,28,32,36)/t13-,14-,17-,18-,19-,20-,21-,25-/m1/s1. The van der Waals surface area contributed by atoms with E-state index in [0.29, 0.717) is 0 Å². The summed E-state index contributed by atoms with van der Waals surface area (Å²) in [5, 5.41) is 30.8. The molecule has 20 heteroatoms. The molecular weight excluding hydrogens is 637 g/mol. The minimum absolute atomic E-state index is 0.0462. The summed E-state index contributed by atoms with van der Waals surface area (Å²) < 4.78 is 44.3. The smallest absolute Gasteiger partial charge is 0.404 e. The van der Waals surface area contributed by atoms with Crippen molar-refractivity contribution in [1.82, 2.24) is 19.1 Å². The van der Waals surface area contributed by atoms with Gasteiger partial charge in [0.1, 0.15) is 41.9 Å². The van der Waals surface area contributed by atoms with Gasteiger partial charge in [0.25, 0.3) is 5.56 Å². The van der Waals surface area contributed by atoms with Gasteiger partial charge >= 0.3 is 19.2 Å². The van der Waals surface area contributed by atoms with Gasteiger partial charge in [0.15, 0.2) is 20.8 Å². The summed E-state index contributed by atoms with van der Waals surface area (Å²) in [7, 11) is -7.84. The number of aliphatic hydroxyl groups is 3. The molecule has 0 aliphatic carbocycles. The van der Waals surface area contributed by atoms with Crippen LogP contribution < -0.4 is 22.7 Å². The summed E-state index contributed by atoms with van der Waals surface area (Å²) in [5.41, 5.74) is 1.58. The Hall–Kier alpha value is -2.55. The van der Waals surface area contributed by atoms with Gasteiger partial charge in [-0.2, -0.15) is 4.98 Å². The molecule has 18 nitrogen and oxygen atoms in total. The molecule has 2 fully saturated rings. The second kappa shape index (κ2) is 12.6. The highest BCUT2D eigenvalue weighted by Gasteiger charge is 2.61. The Morgan fingerprint density at radius 1 is 1.11 bits per heavy atom. The van der Waals surface area contributed by atoms with E-state index in [1.807, 2.05) is 38.8 Å². The number of H-pyrrole nitrogens is 1. The molecule has 0 aromatic carbocycles. The van der Waals surface area contributed by atoms with Crippen molar-refractivity contribution in [2.75, 3.05) is 18.9 Å². The lowest BCUT2D eigenvalue weighted by Gasteiger charge is -2.46. The molecule has 2 aliphatic rings. The molecule has 4 heterocycles. The summed E-state index contributed by atoms with van der Waals surface area (Å²) in [6.07, 6.45) is -7.89. The van der Waals surface area contributed by atoms with Gasteiger partial charge in [-0.3, -0.25) is 28.0 Å². The second-order valence-corrected chi connectivity index (χ2v) is 18.8. The molecule has 45 heavy (non-hydrogen) atoms. The lowest BCUT2D eigenvalue weighted by Crippen LogP contribution is -2.57. The summed E-state index contributed by atoms with van der Waals surface area (Å²) in [6, 6.07) is 2.37. The van der Waals surface area contributed by atoms with Crippen molar-refractivity contribution in [1.29, 1.82) is 0 Å². The van der Waals surface area contributed by atoms with Crippen molar-refractivity contribution in [2.45, 2.75) is 94.4 Å². The van der Waals surface area contributed by atoms with Gasteiger partial charge in [0.2, 0.25) is 0 Å². The first-order valence-corrected chi connectivity index (χ1v) is 18.4. The van der Waals surface area contributed by atoms with Crippen LogP contribution in [0, 0.1) is 0 Å². The van der Waals surface area contributed by atoms with Gasteiger partial charge in [-0.25, -0.2) is 14.2 Å². The molecule has 0 radical (unpaired) electrons. The lowest BCUT2D eigenvalue weighted by molar-refractivity contribution is -0.0909. The first-order valence-electron chi connectivity index (χ1n) is 14.0. The Morgan fingerprint density at radius 3 is 2.33 bits per heavy atom. The van der Waals surface area contributed by atoms with Crippen molar-refractivity contribution in [2.24, 2.45) is 0 Å². The number of aromatic nitrogens is 4. The number of anilines is 1. The molecule has 0 bridgehead atoms. The number of nitrogens with two attached hydrogens (primary N) is 1. The van der Waals surface area contributed by atoms with E-state index >= 15 is 0 Å². The molecule has 7 N–H and O–H groups in total. The van der Waals surface area contributed by atoms with Crippen molar-refractivity contribution < 1.29 is 47.7 Å². The van der Waals surface area contributed by atoms with Crippen molar-refractivity contribution in [3.63, 3.8) is 0 Å². The SMILES string of the molecule is CC(C)(C)[Si](C)(C)O[C@]1(C)[C@H](OP(=O)(O)OC[C@H]2O[C@@H](n3ccc(=O)[nH]c3=O)[C@H](O)[C@@H]2O)[C@@H](CO)O[C@H]1n1ccc(N)nc1=O. The first-order chi connectivity index (χ1) is 20.7. The summed E-state index contributed by atoms with van der Waals surface area (Å²) in [4.78, 5) is 53.0. The van der Waals surface area contributed by atoms with Crippen LogP contribution in [0.4, 0.5) is 5.82 Å². The molecule has 2 aliphatic heterocycles. The zero-order valence-electron chi connectivity index (χ0n) is 25.6. The summed E-state index contributed by atoms with van der Waals surface area (Å²) in [6.45, 7) is 9.72. The first kappa shape index (κ1) is 35.3. The third-order valence-electron chi connectivity index (χ3n) is 8.37. The summed E-state index contributed by atoms with van der Waals surface area (Å²) in [5.74, 6) is -0.0462. The Morgan fingerprint density at radius 2 is 1.76 bits per heavy atom. The number of aromatic amines is 1. The molecule has 1 unspecified atom stereocenters. The fraction of sp³-hybridized carbons (Fsp3) is 0.680. The number of hydrogen-bond acceptors (Lipinski definition) is 14. The molecule has 2 saturated heterocycles. The van der Waals surface area contributed by atoms with Gasteiger partial charge in [0.05, 0.1) is 13.2 Å². The van der Waals surface area contributed by atoms with Crippen LogP contribution in [0.25, 0.3) is 0 Å². The maximum atomic E-state index is 13.4. The fourth-order valence-electron chi connectivity index (χ4n) is 5.02. The molecule has 0 saturated carbocycles. The fourth-order valence-corrected chi connectivity index (χ4v) is 7.67. The van der Waals surface area contributed by atoms with Gasteiger partial charge < -0.3 is 39.8 Å². The average molecular weight is 678 g/mol. The number of nitrogen functional groups attached to an aromatic ring is 1. The highest BCUT2D eigenvalue weighted by atomic mass is 31.2. The van der Waals surface area contributed by atoms with Crippen LogP contribution in [0.15, 0.2) is 38.9 Å². The van der Waals surface area contributed by atoms with E-state index in [4.69, 9.17) is 28.7 Å². The van der Waals surface area contributed by atoms with E-state index in [1.165, 1.54) is 19.2 Å². The van der Waals surface area contributed by atoms with Crippen molar-refractivity contribution >= 4 is 22.0 Å². The normalized spacial score (nSPS) is 32.1. The molecule has 0 amide bonds. The van der Waals surface area contributed by atoms with Crippen molar-refractivity contribution in [3.8, 4) is 0 Å². The van der Waals surface area contributed by atoms with Crippen LogP contribution in [0.3, 0.4) is 0 Å². The number of nitrogens with zero attached hydrogens (tertiary/aromatic N) is 3. The van der Waals surface area contributed by atoms with E-state index in [1.54, 1.807) is 0 Å². The number of phosphoric acid groups is 1. The minimum Gasteiger partial charge on any atom is -0.404 e. The van der Waals surface area contributed by atoms with Crippen LogP contribution >= 0.6 is 7.82 Å². The van der Waals surface area contributed by atoms with Gasteiger partial charge in [-0.1, -0.05) is 20.8 Å². The van der Waals surface area contributed by atoms with E-state index < -0.39 is 94.9 Å². The van der Waals surface area contributed by atoms with Crippen LogP contribution in [-0.4, -0.2) is 97.0 Å².